The van der Waals surface area contributed by atoms with Gasteiger partial charge in [-0.15, -0.1) is 11.3 Å². The Morgan fingerprint density at radius 3 is 2.61 bits per heavy atom. The van der Waals surface area contributed by atoms with Crippen LogP contribution in [0.15, 0.2) is 48.0 Å². The van der Waals surface area contributed by atoms with Crippen LogP contribution in [0.2, 0.25) is 0 Å². The van der Waals surface area contributed by atoms with Gasteiger partial charge in [-0.2, -0.15) is 5.10 Å². The van der Waals surface area contributed by atoms with E-state index in [-0.39, 0.29) is 17.8 Å². The number of carbonyl (C=O) groups is 1. The average molecular weight is 554 g/mol. The van der Waals surface area contributed by atoms with Crippen molar-refractivity contribution in [2.24, 2.45) is 0 Å². The zero-order valence-electron chi connectivity index (χ0n) is 21.6. The van der Waals surface area contributed by atoms with Gasteiger partial charge in [-0.05, 0) is 62.5 Å². The summed E-state index contributed by atoms with van der Waals surface area (Å²) in [5.41, 5.74) is 2.63. The summed E-state index contributed by atoms with van der Waals surface area (Å²) < 4.78 is 29.5. The molecule has 0 aromatic carbocycles. The molecule has 1 saturated carbocycles. The molecule has 0 saturated heterocycles. The molecule has 4 heterocycles. The summed E-state index contributed by atoms with van der Waals surface area (Å²) in [6.07, 6.45) is 3.06. The zero-order valence-corrected chi connectivity index (χ0v) is 23.2. The van der Waals surface area contributed by atoms with Gasteiger partial charge in [-0.3, -0.25) is 14.4 Å². The van der Waals surface area contributed by atoms with Crippen molar-refractivity contribution in [1.29, 1.82) is 0 Å². The van der Waals surface area contributed by atoms with Crippen molar-refractivity contribution < 1.29 is 13.2 Å². The molecule has 1 aliphatic rings. The second-order valence-corrected chi connectivity index (χ2v) is 12.3. The quantitative estimate of drug-likeness (QED) is 0.289. The van der Waals surface area contributed by atoms with Gasteiger partial charge in [0, 0.05) is 30.4 Å². The minimum absolute atomic E-state index is 0.0978. The number of aromatic nitrogens is 4. The van der Waals surface area contributed by atoms with Crippen molar-refractivity contribution >= 4 is 38.7 Å². The fourth-order valence-corrected chi connectivity index (χ4v) is 6.35. The van der Waals surface area contributed by atoms with Gasteiger partial charge in [0.25, 0.3) is 5.91 Å². The summed E-state index contributed by atoms with van der Waals surface area (Å²) in [5.74, 6) is -0.206. The highest BCUT2D eigenvalue weighted by molar-refractivity contribution is 7.93. The first-order valence-electron chi connectivity index (χ1n) is 12.7. The lowest BCUT2D eigenvalue weighted by atomic mass is 10.1. The smallest absolute Gasteiger partial charge is 0.251 e. The highest BCUT2D eigenvalue weighted by Crippen LogP contribution is 2.30. The molecule has 1 unspecified atom stereocenters. The van der Waals surface area contributed by atoms with Crippen LogP contribution in [0.4, 0.5) is 5.82 Å². The minimum atomic E-state index is -3.57. The summed E-state index contributed by atoms with van der Waals surface area (Å²) >= 11 is 1.60. The second kappa shape index (κ2) is 10.8. The molecule has 1 amide bonds. The predicted octanol–water partition coefficient (Wildman–Crippen LogP) is 3.88. The molecule has 5 rings (SSSR count). The molecule has 1 atom stereocenters. The Balaban J connectivity index is 1.47. The van der Waals surface area contributed by atoms with Gasteiger partial charge < -0.3 is 5.32 Å². The molecule has 1 fully saturated rings. The number of carbonyl (C=O) groups excluding carboxylic acids is 1. The predicted molar refractivity (Wildman–Crippen MR) is 150 cm³/mol. The van der Waals surface area contributed by atoms with Crippen molar-refractivity contribution in [3.63, 3.8) is 0 Å². The number of sulfonamides is 1. The molecule has 4 aromatic rings. The number of hydrogen-bond acceptors (Lipinski definition) is 8. The third-order valence-electron chi connectivity index (χ3n) is 6.65. The Bertz CT molecular complexity index is 1540. The molecule has 12 heteroatoms. The summed E-state index contributed by atoms with van der Waals surface area (Å²) in [6.45, 7) is 8.47. The lowest BCUT2D eigenvalue weighted by Crippen LogP contribution is -2.42. The zero-order chi connectivity index (χ0) is 26.9. The van der Waals surface area contributed by atoms with E-state index in [1.165, 1.54) is 6.07 Å². The van der Waals surface area contributed by atoms with Crippen molar-refractivity contribution in [2.45, 2.75) is 44.9 Å². The molecule has 200 valence electrons. The van der Waals surface area contributed by atoms with Gasteiger partial charge in [-0.1, -0.05) is 19.9 Å². The maximum Gasteiger partial charge on any atom is 0.251 e. The number of nitrogens with zero attached hydrogens (tertiary/aromatic N) is 5. The van der Waals surface area contributed by atoms with E-state index in [9.17, 15) is 13.2 Å². The molecule has 10 nitrogen and oxygen atoms in total. The number of thiophene rings is 1. The van der Waals surface area contributed by atoms with E-state index in [4.69, 9.17) is 4.98 Å². The Hall–Kier alpha value is -3.35. The molecule has 1 aliphatic carbocycles. The van der Waals surface area contributed by atoms with E-state index in [0.29, 0.717) is 42.0 Å². The van der Waals surface area contributed by atoms with E-state index in [2.05, 4.69) is 45.8 Å². The van der Waals surface area contributed by atoms with Crippen LogP contribution in [0.3, 0.4) is 0 Å². The van der Waals surface area contributed by atoms with E-state index in [1.807, 2.05) is 29.8 Å². The number of pyridine rings is 1. The lowest BCUT2D eigenvalue weighted by Gasteiger charge is -2.26. The molecular formula is C26H31N7O3S2. The summed E-state index contributed by atoms with van der Waals surface area (Å²) in [5, 5.41) is 9.14. The van der Waals surface area contributed by atoms with Gasteiger partial charge >= 0.3 is 0 Å². The second-order valence-electron chi connectivity index (χ2n) is 9.38. The average Bonchev–Trinajstić information content (AvgIpc) is 3.47. The van der Waals surface area contributed by atoms with Crippen molar-refractivity contribution in [2.75, 3.05) is 24.4 Å². The van der Waals surface area contributed by atoms with Crippen molar-refractivity contribution in [1.82, 2.24) is 29.8 Å². The molecule has 2 N–H and O–H groups in total. The number of nitrogens with one attached hydrogen (secondary N) is 2. The molecule has 4 aromatic heterocycles. The highest BCUT2D eigenvalue weighted by atomic mass is 32.2. The van der Waals surface area contributed by atoms with Crippen LogP contribution < -0.4 is 10.0 Å². The SMILES string of the molecule is CCN(CC)C(C)CNC(=O)c1cc(NS(=O)(=O)C2CC2)nc(-c2cc3nc(-c4cccs4)ccn3n2)c1. The number of fused-ring (bicyclic) bond motifs is 1. The van der Waals surface area contributed by atoms with Gasteiger partial charge in [0.2, 0.25) is 10.0 Å². The molecule has 0 spiro atoms. The van der Waals surface area contributed by atoms with Gasteiger partial charge in [0.1, 0.15) is 11.5 Å². The number of rotatable bonds is 11. The van der Waals surface area contributed by atoms with Gasteiger partial charge in [0.15, 0.2) is 5.65 Å². The summed E-state index contributed by atoms with van der Waals surface area (Å²) in [4.78, 5) is 25.7. The Labute approximate surface area is 226 Å². The van der Waals surface area contributed by atoms with Crippen LogP contribution in [0.1, 0.15) is 44.0 Å². The van der Waals surface area contributed by atoms with Crippen LogP contribution >= 0.6 is 11.3 Å². The van der Waals surface area contributed by atoms with Gasteiger partial charge in [0.05, 0.1) is 21.5 Å². The van der Waals surface area contributed by atoms with Crippen LogP contribution in [-0.2, 0) is 10.0 Å². The number of amides is 1. The fraction of sp³-hybridized carbons (Fsp3) is 0.385. The van der Waals surface area contributed by atoms with E-state index >= 15 is 0 Å². The Morgan fingerprint density at radius 2 is 1.92 bits per heavy atom. The van der Waals surface area contributed by atoms with Crippen LogP contribution in [0.25, 0.3) is 27.6 Å². The molecular weight excluding hydrogens is 522 g/mol. The third kappa shape index (κ3) is 5.71. The minimum Gasteiger partial charge on any atom is -0.350 e. The van der Waals surface area contributed by atoms with E-state index in [1.54, 1.807) is 28.0 Å². The third-order valence-corrected chi connectivity index (χ3v) is 9.39. The number of hydrogen-bond donors (Lipinski definition) is 2. The maximum absolute atomic E-state index is 13.2. The largest absolute Gasteiger partial charge is 0.350 e. The number of anilines is 1. The lowest BCUT2D eigenvalue weighted by molar-refractivity contribution is 0.0938. The fourth-order valence-electron chi connectivity index (χ4n) is 4.34. The van der Waals surface area contributed by atoms with Crippen molar-refractivity contribution in [3.05, 3.63) is 53.5 Å². The molecule has 0 aliphatic heterocycles. The normalized spacial score (nSPS) is 14.6. The molecule has 0 radical (unpaired) electrons. The van der Waals surface area contributed by atoms with E-state index in [0.717, 1.165) is 23.7 Å². The Kier molecular flexibility index (Phi) is 7.46. The maximum atomic E-state index is 13.2. The summed E-state index contributed by atoms with van der Waals surface area (Å²) in [6, 6.07) is 10.9. The molecule has 38 heavy (non-hydrogen) atoms. The van der Waals surface area contributed by atoms with E-state index < -0.39 is 15.3 Å². The topological polar surface area (TPSA) is 122 Å². The summed E-state index contributed by atoms with van der Waals surface area (Å²) in [7, 11) is -3.57. The standard InChI is InChI=1S/C26H31N7O3S2/c1-4-32(5-2)17(3)16-27-26(34)18-13-21(28-24(14-18)31-38(35,36)19-8-9-19)22-15-25-29-20(10-11-33(25)30-22)23-7-6-12-37-23/h6-7,10-15,17,19H,4-5,8-9,16H2,1-3H3,(H,27,34)(H,28,31). The number of likely N-dealkylation sites (N-methyl/N-ethyl adjacent to an activating group) is 1. The first-order valence-corrected chi connectivity index (χ1v) is 15.2. The Morgan fingerprint density at radius 1 is 1.13 bits per heavy atom. The molecule has 0 bridgehead atoms. The van der Waals surface area contributed by atoms with Crippen LogP contribution in [0, 0.1) is 0 Å². The first-order chi connectivity index (χ1) is 18.3. The van der Waals surface area contributed by atoms with Crippen molar-refractivity contribution in [3.8, 4) is 22.0 Å². The van der Waals surface area contributed by atoms with Gasteiger partial charge in [-0.25, -0.2) is 22.9 Å². The monoisotopic (exact) mass is 553 g/mol. The first kappa shape index (κ1) is 26.3. The highest BCUT2D eigenvalue weighted by Gasteiger charge is 2.36. The van der Waals surface area contributed by atoms with Crippen LogP contribution in [0.5, 0.6) is 0 Å². The van der Waals surface area contributed by atoms with Crippen LogP contribution in [-0.4, -0.2) is 69.7 Å².